The van der Waals surface area contributed by atoms with Crippen molar-refractivity contribution in [2.45, 2.75) is 20.0 Å². The molecule has 1 aromatic carbocycles. The fourth-order valence-electron chi connectivity index (χ4n) is 1.19. The summed E-state index contributed by atoms with van der Waals surface area (Å²) in [6, 6.07) is 8.98. The lowest BCUT2D eigenvalue weighted by Gasteiger charge is -2.09. The van der Waals surface area contributed by atoms with E-state index in [9.17, 15) is 9.59 Å². The van der Waals surface area contributed by atoms with E-state index >= 15 is 0 Å². The summed E-state index contributed by atoms with van der Waals surface area (Å²) in [7, 11) is 0. The van der Waals surface area contributed by atoms with Gasteiger partial charge in [0.2, 0.25) is 0 Å². The monoisotopic (exact) mass is 251 g/mol. The number of hydrogen-bond acceptors (Lipinski definition) is 4. The maximum atomic E-state index is 11.4. The lowest BCUT2D eigenvalue weighted by molar-refractivity contribution is -0.147. The Morgan fingerprint density at radius 3 is 2.50 bits per heavy atom. The predicted octanol–water partition coefficient (Wildman–Crippen LogP) is 1.13. The van der Waals surface area contributed by atoms with Crippen LogP contribution in [0.3, 0.4) is 0 Å². The fourth-order valence-corrected chi connectivity index (χ4v) is 1.19. The van der Waals surface area contributed by atoms with E-state index in [4.69, 9.17) is 9.47 Å². The molecule has 1 rings (SSSR count). The van der Waals surface area contributed by atoms with Crippen LogP contribution >= 0.6 is 0 Å². The molecule has 5 heteroatoms. The van der Waals surface area contributed by atoms with Gasteiger partial charge in [0.05, 0.1) is 6.10 Å². The number of nitrogens with one attached hydrogen (secondary N) is 1. The SMILES string of the molecule is CC(C)OC(=O)CNC(=O)COc1ccccc1. The van der Waals surface area contributed by atoms with Crippen molar-refractivity contribution in [3.8, 4) is 5.75 Å². The van der Waals surface area contributed by atoms with Crippen LogP contribution in [-0.2, 0) is 14.3 Å². The smallest absolute Gasteiger partial charge is 0.325 e. The first-order chi connectivity index (χ1) is 8.58. The van der Waals surface area contributed by atoms with Gasteiger partial charge in [0.15, 0.2) is 6.61 Å². The van der Waals surface area contributed by atoms with Gasteiger partial charge in [0.25, 0.3) is 5.91 Å². The highest BCUT2D eigenvalue weighted by molar-refractivity contribution is 5.82. The van der Waals surface area contributed by atoms with Crippen LogP contribution in [-0.4, -0.2) is 31.1 Å². The Kier molecular flexibility index (Phi) is 5.70. The van der Waals surface area contributed by atoms with Gasteiger partial charge >= 0.3 is 5.97 Å². The zero-order valence-electron chi connectivity index (χ0n) is 10.5. The molecule has 98 valence electrons. The highest BCUT2D eigenvalue weighted by atomic mass is 16.5. The molecule has 0 bridgehead atoms. The second kappa shape index (κ2) is 7.32. The maximum absolute atomic E-state index is 11.4. The van der Waals surface area contributed by atoms with E-state index < -0.39 is 5.97 Å². The maximum Gasteiger partial charge on any atom is 0.325 e. The second-order valence-electron chi connectivity index (χ2n) is 3.92. The van der Waals surface area contributed by atoms with Crippen LogP contribution in [0.1, 0.15) is 13.8 Å². The van der Waals surface area contributed by atoms with Crippen molar-refractivity contribution in [2.75, 3.05) is 13.2 Å². The van der Waals surface area contributed by atoms with Gasteiger partial charge < -0.3 is 14.8 Å². The summed E-state index contributed by atoms with van der Waals surface area (Å²) in [4.78, 5) is 22.5. The van der Waals surface area contributed by atoms with Crippen LogP contribution in [0.15, 0.2) is 30.3 Å². The molecule has 18 heavy (non-hydrogen) atoms. The molecule has 1 N–H and O–H groups in total. The van der Waals surface area contributed by atoms with Crippen molar-refractivity contribution in [2.24, 2.45) is 0 Å². The molecule has 0 saturated heterocycles. The summed E-state index contributed by atoms with van der Waals surface area (Å²) in [5.41, 5.74) is 0. The van der Waals surface area contributed by atoms with Crippen molar-refractivity contribution in [1.82, 2.24) is 5.32 Å². The molecule has 0 unspecified atom stereocenters. The Labute approximate surface area is 106 Å². The Hall–Kier alpha value is -2.04. The third-order valence-electron chi connectivity index (χ3n) is 1.91. The van der Waals surface area contributed by atoms with Gasteiger partial charge in [-0.15, -0.1) is 0 Å². The molecule has 1 amide bonds. The van der Waals surface area contributed by atoms with Crippen molar-refractivity contribution in [1.29, 1.82) is 0 Å². The van der Waals surface area contributed by atoms with Crippen molar-refractivity contribution < 1.29 is 19.1 Å². The Morgan fingerprint density at radius 1 is 1.22 bits per heavy atom. The molecule has 0 radical (unpaired) electrons. The molecule has 0 atom stereocenters. The van der Waals surface area contributed by atoms with E-state index in [2.05, 4.69) is 5.32 Å². The molecule has 0 spiro atoms. The number of ether oxygens (including phenoxy) is 2. The van der Waals surface area contributed by atoms with Gasteiger partial charge in [-0.05, 0) is 26.0 Å². The molecule has 0 heterocycles. The number of para-hydroxylation sites is 1. The van der Waals surface area contributed by atoms with Crippen molar-refractivity contribution in [3.05, 3.63) is 30.3 Å². The van der Waals surface area contributed by atoms with Crippen LogP contribution in [0.4, 0.5) is 0 Å². The average molecular weight is 251 g/mol. The predicted molar refractivity (Wildman–Crippen MR) is 66.2 cm³/mol. The van der Waals surface area contributed by atoms with E-state index in [-0.39, 0.29) is 25.2 Å². The molecule has 0 aromatic heterocycles. The number of hydrogen-bond donors (Lipinski definition) is 1. The van der Waals surface area contributed by atoms with Crippen LogP contribution in [0.5, 0.6) is 5.75 Å². The third kappa shape index (κ3) is 5.89. The third-order valence-corrected chi connectivity index (χ3v) is 1.91. The van der Waals surface area contributed by atoms with Crippen LogP contribution < -0.4 is 10.1 Å². The summed E-state index contributed by atoms with van der Waals surface area (Å²) in [6.45, 7) is 3.23. The summed E-state index contributed by atoms with van der Waals surface area (Å²) in [5, 5.41) is 2.42. The Balaban J connectivity index is 2.20. The van der Waals surface area contributed by atoms with Crippen molar-refractivity contribution >= 4 is 11.9 Å². The summed E-state index contributed by atoms with van der Waals surface area (Å²) >= 11 is 0. The normalized spacial score (nSPS) is 9.94. The zero-order valence-corrected chi connectivity index (χ0v) is 10.5. The van der Waals surface area contributed by atoms with Gasteiger partial charge in [-0.3, -0.25) is 9.59 Å². The van der Waals surface area contributed by atoms with E-state index in [1.807, 2.05) is 18.2 Å². The molecule has 0 fully saturated rings. The highest BCUT2D eigenvalue weighted by Gasteiger charge is 2.08. The number of amides is 1. The van der Waals surface area contributed by atoms with Gasteiger partial charge in [0.1, 0.15) is 12.3 Å². The first-order valence-corrected chi connectivity index (χ1v) is 5.72. The van der Waals surface area contributed by atoms with Gasteiger partial charge in [0, 0.05) is 0 Å². The Morgan fingerprint density at radius 2 is 1.89 bits per heavy atom. The minimum absolute atomic E-state index is 0.126. The van der Waals surface area contributed by atoms with Gasteiger partial charge in [-0.25, -0.2) is 0 Å². The quantitative estimate of drug-likeness (QED) is 0.770. The number of carbonyl (C=O) groups is 2. The zero-order chi connectivity index (χ0) is 13.4. The molecule has 0 saturated carbocycles. The lowest BCUT2D eigenvalue weighted by atomic mass is 10.3. The first-order valence-electron chi connectivity index (χ1n) is 5.72. The molecular weight excluding hydrogens is 234 g/mol. The summed E-state index contributed by atoms with van der Waals surface area (Å²) in [5.74, 6) is -0.213. The van der Waals surface area contributed by atoms with E-state index in [0.29, 0.717) is 5.75 Å². The number of esters is 1. The summed E-state index contributed by atoms with van der Waals surface area (Å²) in [6.07, 6.45) is -0.185. The van der Waals surface area contributed by atoms with Crippen LogP contribution in [0.2, 0.25) is 0 Å². The van der Waals surface area contributed by atoms with Gasteiger partial charge in [-0.2, -0.15) is 0 Å². The van der Waals surface area contributed by atoms with Gasteiger partial charge in [-0.1, -0.05) is 18.2 Å². The second-order valence-corrected chi connectivity index (χ2v) is 3.92. The van der Waals surface area contributed by atoms with Crippen molar-refractivity contribution in [3.63, 3.8) is 0 Å². The van der Waals surface area contributed by atoms with E-state index in [1.165, 1.54) is 0 Å². The van der Waals surface area contributed by atoms with Crippen LogP contribution in [0.25, 0.3) is 0 Å². The largest absolute Gasteiger partial charge is 0.484 e. The summed E-state index contributed by atoms with van der Waals surface area (Å²) < 4.78 is 10.1. The highest BCUT2D eigenvalue weighted by Crippen LogP contribution is 2.07. The molecule has 5 nitrogen and oxygen atoms in total. The topological polar surface area (TPSA) is 64.6 Å². The first kappa shape index (κ1) is 14.0. The molecule has 0 aliphatic rings. The van der Waals surface area contributed by atoms with Crippen LogP contribution in [0, 0.1) is 0 Å². The lowest BCUT2D eigenvalue weighted by Crippen LogP contribution is -2.34. The molecular formula is C13H17NO4. The number of benzene rings is 1. The van der Waals surface area contributed by atoms with E-state index in [0.717, 1.165) is 0 Å². The fraction of sp³-hybridized carbons (Fsp3) is 0.385. The minimum atomic E-state index is -0.460. The molecule has 1 aromatic rings. The molecule has 0 aliphatic heterocycles. The average Bonchev–Trinajstić information content (AvgIpc) is 2.34. The minimum Gasteiger partial charge on any atom is -0.484 e. The van der Waals surface area contributed by atoms with E-state index in [1.54, 1.807) is 26.0 Å². The number of carbonyl (C=O) groups excluding carboxylic acids is 2. The number of rotatable bonds is 6. The molecule has 0 aliphatic carbocycles. The standard InChI is InChI=1S/C13H17NO4/c1-10(2)18-13(16)8-14-12(15)9-17-11-6-4-3-5-7-11/h3-7,10H,8-9H2,1-2H3,(H,14,15). The Bertz CT molecular complexity index is 389.